The van der Waals surface area contributed by atoms with E-state index in [0.29, 0.717) is 12.0 Å². The predicted octanol–water partition coefficient (Wildman–Crippen LogP) is 3.02. The second-order valence-corrected chi connectivity index (χ2v) is 4.24. The standard InChI is InChI=1S/C13H20N2O2/c1-4-10(5-2)9(3)15-11-6-7-14-12(8-11)13(16)17/h6-10H,4-5H2,1-3H3,(H,14,15)(H,16,17). The summed E-state index contributed by atoms with van der Waals surface area (Å²) in [6.07, 6.45) is 3.74. The zero-order valence-electron chi connectivity index (χ0n) is 10.6. The van der Waals surface area contributed by atoms with Gasteiger partial charge in [0, 0.05) is 17.9 Å². The molecule has 2 N–H and O–H groups in total. The third-order valence-corrected chi connectivity index (χ3v) is 3.13. The molecule has 1 aromatic rings. The summed E-state index contributed by atoms with van der Waals surface area (Å²) in [7, 11) is 0. The number of carbonyl (C=O) groups is 1. The van der Waals surface area contributed by atoms with E-state index in [1.807, 2.05) is 0 Å². The minimum Gasteiger partial charge on any atom is -0.477 e. The first kappa shape index (κ1) is 13.5. The smallest absolute Gasteiger partial charge is 0.354 e. The average Bonchev–Trinajstić information content (AvgIpc) is 2.30. The van der Waals surface area contributed by atoms with Gasteiger partial charge in [-0.2, -0.15) is 0 Å². The fourth-order valence-corrected chi connectivity index (χ4v) is 2.01. The van der Waals surface area contributed by atoms with E-state index >= 15 is 0 Å². The Bertz CT molecular complexity index is 375. The Morgan fingerprint density at radius 3 is 2.65 bits per heavy atom. The maximum absolute atomic E-state index is 10.8. The Labute approximate surface area is 102 Å². The third kappa shape index (κ3) is 3.73. The fraction of sp³-hybridized carbons (Fsp3) is 0.538. The largest absolute Gasteiger partial charge is 0.477 e. The summed E-state index contributed by atoms with van der Waals surface area (Å²) in [5.41, 5.74) is 0.892. The molecule has 0 saturated carbocycles. The summed E-state index contributed by atoms with van der Waals surface area (Å²) in [4.78, 5) is 14.6. The van der Waals surface area contributed by atoms with Crippen LogP contribution in [0.4, 0.5) is 5.69 Å². The molecule has 0 amide bonds. The van der Waals surface area contributed by atoms with Gasteiger partial charge in [0.15, 0.2) is 0 Å². The molecule has 0 aliphatic heterocycles. The summed E-state index contributed by atoms with van der Waals surface area (Å²) < 4.78 is 0. The molecule has 4 heteroatoms. The molecule has 1 heterocycles. The lowest BCUT2D eigenvalue weighted by Gasteiger charge is -2.23. The molecule has 4 nitrogen and oxygen atoms in total. The van der Waals surface area contributed by atoms with Crippen molar-refractivity contribution in [3.8, 4) is 0 Å². The quantitative estimate of drug-likeness (QED) is 0.797. The molecular weight excluding hydrogens is 216 g/mol. The first-order valence-corrected chi connectivity index (χ1v) is 6.04. The number of hydrogen-bond donors (Lipinski definition) is 2. The molecule has 0 radical (unpaired) electrons. The van der Waals surface area contributed by atoms with E-state index in [0.717, 1.165) is 18.5 Å². The van der Waals surface area contributed by atoms with Crippen LogP contribution in [0.5, 0.6) is 0 Å². The van der Waals surface area contributed by atoms with Gasteiger partial charge in [-0.3, -0.25) is 0 Å². The highest BCUT2D eigenvalue weighted by molar-refractivity contribution is 5.86. The molecular formula is C13H20N2O2. The molecule has 1 atom stereocenters. The number of rotatable bonds is 6. The van der Waals surface area contributed by atoms with Gasteiger partial charge in [0.1, 0.15) is 5.69 Å². The lowest BCUT2D eigenvalue weighted by atomic mass is 9.95. The van der Waals surface area contributed by atoms with Crippen molar-refractivity contribution in [2.24, 2.45) is 5.92 Å². The van der Waals surface area contributed by atoms with E-state index in [-0.39, 0.29) is 5.69 Å². The first-order chi connectivity index (χ1) is 8.08. The molecule has 0 saturated heterocycles. The number of carboxylic acids is 1. The van der Waals surface area contributed by atoms with Crippen molar-refractivity contribution < 1.29 is 9.90 Å². The van der Waals surface area contributed by atoms with Gasteiger partial charge >= 0.3 is 5.97 Å². The van der Waals surface area contributed by atoms with Gasteiger partial charge in [0.25, 0.3) is 0 Å². The topological polar surface area (TPSA) is 62.2 Å². The van der Waals surface area contributed by atoms with Crippen molar-refractivity contribution in [3.63, 3.8) is 0 Å². The van der Waals surface area contributed by atoms with Crippen molar-refractivity contribution in [2.75, 3.05) is 5.32 Å². The van der Waals surface area contributed by atoms with Crippen LogP contribution in [0.3, 0.4) is 0 Å². The summed E-state index contributed by atoms with van der Waals surface area (Å²) in [6, 6.07) is 3.70. The second kappa shape index (κ2) is 6.23. The number of nitrogens with one attached hydrogen (secondary N) is 1. The van der Waals surface area contributed by atoms with Crippen LogP contribution in [0.2, 0.25) is 0 Å². The number of anilines is 1. The molecule has 0 spiro atoms. The van der Waals surface area contributed by atoms with E-state index in [2.05, 4.69) is 31.1 Å². The van der Waals surface area contributed by atoms with Gasteiger partial charge in [-0.1, -0.05) is 26.7 Å². The van der Waals surface area contributed by atoms with Crippen molar-refractivity contribution in [2.45, 2.75) is 39.7 Å². The molecule has 0 aliphatic rings. The van der Waals surface area contributed by atoms with Crippen molar-refractivity contribution >= 4 is 11.7 Å². The summed E-state index contributed by atoms with van der Waals surface area (Å²) >= 11 is 0. The van der Waals surface area contributed by atoms with Crippen molar-refractivity contribution in [1.82, 2.24) is 4.98 Å². The summed E-state index contributed by atoms with van der Waals surface area (Å²) in [5, 5.41) is 12.2. The number of pyridine rings is 1. The highest BCUT2D eigenvalue weighted by Gasteiger charge is 2.13. The zero-order chi connectivity index (χ0) is 12.8. The minimum absolute atomic E-state index is 0.0757. The van der Waals surface area contributed by atoms with Gasteiger partial charge < -0.3 is 10.4 Å². The van der Waals surface area contributed by atoms with Gasteiger partial charge in [-0.05, 0) is 25.0 Å². The molecule has 0 bridgehead atoms. The van der Waals surface area contributed by atoms with Crippen LogP contribution in [0.1, 0.15) is 44.1 Å². The molecule has 94 valence electrons. The molecule has 1 unspecified atom stereocenters. The first-order valence-electron chi connectivity index (χ1n) is 6.04. The minimum atomic E-state index is -0.996. The molecule has 1 aromatic heterocycles. The monoisotopic (exact) mass is 236 g/mol. The van der Waals surface area contributed by atoms with Crippen LogP contribution in [0.15, 0.2) is 18.3 Å². The molecule has 0 aliphatic carbocycles. The maximum atomic E-state index is 10.8. The number of aromatic carboxylic acids is 1. The highest BCUT2D eigenvalue weighted by Crippen LogP contribution is 2.18. The van der Waals surface area contributed by atoms with Crippen LogP contribution in [-0.2, 0) is 0 Å². The second-order valence-electron chi connectivity index (χ2n) is 4.24. The third-order valence-electron chi connectivity index (χ3n) is 3.13. The normalized spacial score (nSPS) is 12.5. The van der Waals surface area contributed by atoms with Crippen LogP contribution in [0.25, 0.3) is 0 Å². The Morgan fingerprint density at radius 1 is 1.47 bits per heavy atom. The number of hydrogen-bond acceptors (Lipinski definition) is 3. The molecule has 17 heavy (non-hydrogen) atoms. The van der Waals surface area contributed by atoms with Gasteiger partial charge in [-0.15, -0.1) is 0 Å². The molecule has 1 rings (SSSR count). The van der Waals surface area contributed by atoms with E-state index in [9.17, 15) is 4.79 Å². The Morgan fingerprint density at radius 2 is 2.12 bits per heavy atom. The van der Waals surface area contributed by atoms with Gasteiger partial charge in [0.2, 0.25) is 0 Å². The van der Waals surface area contributed by atoms with E-state index in [1.54, 1.807) is 12.1 Å². The van der Waals surface area contributed by atoms with Crippen LogP contribution in [0, 0.1) is 5.92 Å². The van der Waals surface area contributed by atoms with Crippen molar-refractivity contribution in [1.29, 1.82) is 0 Å². The molecule has 0 fully saturated rings. The summed E-state index contributed by atoms with van der Waals surface area (Å²) in [5.74, 6) is -0.403. The Kier molecular flexibility index (Phi) is 4.94. The zero-order valence-corrected chi connectivity index (χ0v) is 10.6. The average molecular weight is 236 g/mol. The van der Waals surface area contributed by atoms with E-state index in [1.165, 1.54) is 6.20 Å². The fourth-order valence-electron chi connectivity index (χ4n) is 2.01. The van der Waals surface area contributed by atoms with Gasteiger partial charge in [0.05, 0.1) is 0 Å². The lowest BCUT2D eigenvalue weighted by Crippen LogP contribution is -2.25. The number of aromatic nitrogens is 1. The highest BCUT2D eigenvalue weighted by atomic mass is 16.4. The Hall–Kier alpha value is -1.58. The predicted molar refractivity (Wildman–Crippen MR) is 68.4 cm³/mol. The molecule has 0 aromatic carbocycles. The van der Waals surface area contributed by atoms with Crippen LogP contribution >= 0.6 is 0 Å². The maximum Gasteiger partial charge on any atom is 0.354 e. The van der Waals surface area contributed by atoms with Crippen LogP contribution < -0.4 is 5.32 Å². The number of carboxylic acid groups (broad SMARTS) is 1. The van der Waals surface area contributed by atoms with E-state index in [4.69, 9.17) is 5.11 Å². The van der Waals surface area contributed by atoms with Gasteiger partial charge in [-0.25, -0.2) is 9.78 Å². The number of nitrogens with zero attached hydrogens (tertiary/aromatic N) is 1. The summed E-state index contributed by atoms with van der Waals surface area (Å²) in [6.45, 7) is 6.46. The SMILES string of the molecule is CCC(CC)C(C)Nc1ccnc(C(=O)O)c1. The lowest BCUT2D eigenvalue weighted by molar-refractivity contribution is 0.0690. The van der Waals surface area contributed by atoms with Crippen LogP contribution in [-0.4, -0.2) is 22.1 Å². The van der Waals surface area contributed by atoms with E-state index < -0.39 is 5.97 Å². The Balaban J connectivity index is 2.74. The van der Waals surface area contributed by atoms with Crippen molar-refractivity contribution in [3.05, 3.63) is 24.0 Å².